The lowest BCUT2D eigenvalue weighted by atomic mass is 10.2. The second-order valence-electron chi connectivity index (χ2n) is 4.72. The number of thiophene rings is 1. The number of carbonyl (C=O) groups is 1. The van der Waals surface area contributed by atoms with E-state index in [0.29, 0.717) is 0 Å². The van der Waals surface area contributed by atoms with Crippen LogP contribution in [0.25, 0.3) is 0 Å². The Labute approximate surface area is 126 Å². The predicted molar refractivity (Wildman–Crippen MR) is 82.6 cm³/mol. The van der Waals surface area contributed by atoms with Crippen molar-refractivity contribution in [3.8, 4) is 0 Å². The average molecular weight is 307 g/mol. The second kappa shape index (κ2) is 6.09. The van der Waals surface area contributed by atoms with Gasteiger partial charge in [-0.15, -0.1) is 11.3 Å². The summed E-state index contributed by atoms with van der Waals surface area (Å²) >= 11 is 1.21. The van der Waals surface area contributed by atoms with Crippen LogP contribution in [0.5, 0.6) is 0 Å². The van der Waals surface area contributed by atoms with Gasteiger partial charge in [0.2, 0.25) is 0 Å². The van der Waals surface area contributed by atoms with Gasteiger partial charge in [-0.3, -0.25) is 4.79 Å². The van der Waals surface area contributed by atoms with E-state index in [9.17, 15) is 9.59 Å². The predicted octanol–water partition coefficient (Wildman–Crippen LogP) is 1.82. The molecule has 0 aromatic carbocycles. The number of carboxylic acid groups (broad SMARTS) is 1. The molecule has 2 rings (SSSR count). The lowest BCUT2D eigenvalue weighted by Crippen LogP contribution is -2.26. The molecule has 6 nitrogen and oxygen atoms in total. The summed E-state index contributed by atoms with van der Waals surface area (Å²) < 4.78 is 1.34. The van der Waals surface area contributed by atoms with Crippen LogP contribution in [0.2, 0.25) is 0 Å². The Hall–Kier alpha value is -2.15. The Kier molecular flexibility index (Phi) is 4.42. The van der Waals surface area contributed by atoms with Crippen LogP contribution in [0.15, 0.2) is 23.1 Å². The molecule has 0 unspecified atom stereocenters. The Morgan fingerprint density at radius 2 is 2.19 bits per heavy atom. The zero-order valence-electron chi connectivity index (χ0n) is 12.2. The van der Waals surface area contributed by atoms with Crippen molar-refractivity contribution in [1.29, 1.82) is 0 Å². The highest BCUT2D eigenvalue weighted by Crippen LogP contribution is 2.22. The summed E-state index contributed by atoms with van der Waals surface area (Å²) in [5.74, 6) is -0.949. The molecule has 0 bridgehead atoms. The largest absolute Gasteiger partial charge is 0.477 e. The summed E-state index contributed by atoms with van der Waals surface area (Å²) in [6.45, 7) is 4.91. The molecule has 21 heavy (non-hydrogen) atoms. The second-order valence-corrected chi connectivity index (χ2v) is 5.98. The first-order valence-corrected chi connectivity index (χ1v) is 7.35. The smallest absolute Gasteiger partial charge is 0.345 e. The standard InChI is InChI=1S/C14H17N3O3S/c1-4-16(3)11-6-13(18)17(15-7-11)8-10-5-12(14(19)20)21-9(10)2/h5-7H,4,8H2,1-3H3,(H,19,20). The van der Waals surface area contributed by atoms with Crippen molar-refractivity contribution in [2.75, 3.05) is 18.5 Å². The molecule has 2 heterocycles. The van der Waals surface area contributed by atoms with E-state index in [0.717, 1.165) is 22.7 Å². The van der Waals surface area contributed by atoms with Crippen molar-refractivity contribution in [3.63, 3.8) is 0 Å². The monoisotopic (exact) mass is 307 g/mol. The lowest BCUT2D eigenvalue weighted by molar-refractivity contribution is 0.0702. The summed E-state index contributed by atoms with van der Waals surface area (Å²) in [4.78, 5) is 26.1. The van der Waals surface area contributed by atoms with Gasteiger partial charge in [-0.05, 0) is 25.5 Å². The number of aryl methyl sites for hydroxylation is 1. The van der Waals surface area contributed by atoms with Crippen molar-refractivity contribution >= 4 is 23.0 Å². The summed E-state index contributed by atoms with van der Waals surface area (Å²) in [6.07, 6.45) is 1.64. The first kappa shape index (κ1) is 15.2. The van der Waals surface area contributed by atoms with E-state index in [1.807, 2.05) is 25.8 Å². The number of rotatable bonds is 5. The molecule has 0 aliphatic rings. The van der Waals surface area contributed by atoms with E-state index in [-0.39, 0.29) is 17.0 Å². The van der Waals surface area contributed by atoms with Crippen LogP contribution < -0.4 is 10.5 Å². The normalized spacial score (nSPS) is 10.6. The number of hydrogen-bond donors (Lipinski definition) is 1. The third-order valence-electron chi connectivity index (χ3n) is 3.32. The summed E-state index contributed by atoms with van der Waals surface area (Å²) in [6, 6.07) is 3.14. The summed E-state index contributed by atoms with van der Waals surface area (Å²) in [5, 5.41) is 13.1. The van der Waals surface area contributed by atoms with Crippen molar-refractivity contribution in [1.82, 2.24) is 9.78 Å². The molecule has 7 heteroatoms. The van der Waals surface area contributed by atoms with Gasteiger partial charge in [0.1, 0.15) is 4.88 Å². The van der Waals surface area contributed by atoms with Crippen LogP contribution in [0.3, 0.4) is 0 Å². The summed E-state index contributed by atoms with van der Waals surface area (Å²) in [5.41, 5.74) is 1.38. The van der Waals surface area contributed by atoms with Gasteiger partial charge in [-0.25, -0.2) is 9.48 Å². The molecular weight excluding hydrogens is 290 g/mol. The molecule has 2 aromatic rings. The molecule has 0 saturated carbocycles. The maximum atomic E-state index is 12.1. The highest BCUT2D eigenvalue weighted by atomic mass is 32.1. The third-order valence-corrected chi connectivity index (χ3v) is 4.40. The van der Waals surface area contributed by atoms with Gasteiger partial charge >= 0.3 is 5.97 Å². The number of nitrogens with zero attached hydrogens (tertiary/aromatic N) is 3. The van der Waals surface area contributed by atoms with E-state index in [2.05, 4.69) is 5.10 Å². The quantitative estimate of drug-likeness (QED) is 0.912. The van der Waals surface area contributed by atoms with Crippen molar-refractivity contribution in [3.05, 3.63) is 44.0 Å². The van der Waals surface area contributed by atoms with Crippen LogP contribution in [-0.2, 0) is 6.54 Å². The fraction of sp³-hybridized carbons (Fsp3) is 0.357. The molecule has 0 aliphatic heterocycles. The van der Waals surface area contributed by atoms with E-state index in [1.165, 1.54) is 22.1 Å². The minimum atomic E-state index is -0.949. The fourth-order valence-electron chi connectivity index (χ4n) is 1.88. The molecule has 112 valence electrons. The van der Waals surface area contributed by atoms with Gasteiger partial charge in [0.15, 0.2) is 0 Å². The van der Waals surface area contributed by atoms with Crippen LogP contribution in [0, 0.1) is 6.92 Å². The highest BCUT2D eigenvalue weighted by Gasteiger charge is 2.12. The van der Waals surface area contributed by atoms with Gasteiger partial charge in [0, 0.05) is 24.5 Å². The number of aromatic carboxylic acids is 1. The molecule has 1 N–H and O–H groups in total. The molecular formula is C14H17N3O3S. The molecule has 2 aromatic heterocycles. The van der Waals surface area contributed by atoms with Gasteiger partial charge in [-0.2, -0.15) is 5.10 Å². The maximum Gasteiger partial charge on any atom is 0.345 e. The zero-order chi connectivity index (χ0) is 15.6. The Morgan fingerprint density at radius 1 is 1.48 bits per heavy atom. The topological polar surface area (TPSA) is 75.4 Å². The van der Waals surface area contributed by atoms with Crippen molar-refractivity contribution in [2.24, 2.45) is 0 Å². The number of carboxylic acids is 1. The number of aromatic nitrogens is 2. The first-order valence-electron chi connectivity index (χ1n) is 6.53. The van der Waals surface area contributed by atoms with Crippen LogP contribution in [0.4, 0.5) is 5.69 Å². The molecule has 0 spiro atoms. The van der Waals surface area contributed by atoms with E-state index >= 15 is 0 Å². The molecule has 0 radical (unpaired) electrons. The molecule has 0 atom stereocenters. The van der Waals surface area contributed by atoms with E-state index in [4.69, 9.17) is 5.11 Å². The number of anilines is 1. The average Bonchev–Trinajstić information content (AvgIpc) is 2.81. The molecule has 0 amide bonds. The van der Waals surface area contributed by atoms with Gasteiger partial charge < -0.3 is 10.0 Å². The number of hydrogen-bond acceptors (Lipinski definition) is 5. The van der Waals surface area contributed by atoms with E-state index < -0.39 is 5.97 Å². The lowest BCUT2D eigenvalue weighted by Gasteiger charge is -2.16. The minimum Gasteiger partial charge on any atom is -0.477 e. The molecule has 0 fully saturated rings. The van der Waals surface area contributed by atoms with Crippen molar-refractivity contribution < 1.29 is 9.90 Å². The van der Waals surface area contributed by atoms with Crippen LogP contribution >= 0.6 is 11.3 Å². The van der Waals surface area contributed by atoms with Crippen LogP contribution in [-0.4, -0.2) is 34.4 Å². The van der Waals surface area contributed by atoms with Gasteiger partial charge in [0.25, 0.3) is 5.56 Å². The Balaban J connectivity index is 2.28. The minimum absolute atomic E-state index is 0.199. The maximum absolute atomic E-state index is 12.1. The fourth-order valence-corrected chi connectivity index (χ4v) is 2.75. The summed E-state index contributed by atoms with van der Waals surface area (Å²) in [7, 11) is 1.89. The first-order chi connectivity index (χ1) is 9.92. The third kappa shape index (κ3) is 3.30. The van der Waals surface area contributed by atoms with Gasteiger partial charge in [-0.1, -0.05) is 0 Å². The van der Waals surface area contributed by atoms with Crippen molar-refractivity contribution in [2.45, 2.75) is 20.4 Å². The highest BCUT2D eigenvalue weighted by molar-refractivity contribution is 7.14. The zero-order valence-corrected chi connectivity index (χ0v) is 13.0. The van der Waals surface area contributed by atoms with Gasteiger partial charge in [0.05, 0.1) is 18.4 Å². The van der Waals surface area contributed by atoms with E-state index in [1.54, 1.807) is 12.3 Å². The van der Waals surface area contributed by atoms with Crippen LogP contribution in [0.1, 0.15) is 27.0 Å². The molecule has 0 aliphatic carbocycles. The molecule has 0 saturated heterocycles. The Bertz CT molecular complexity index is 720. The Morgan fingerprint density at radius 3 is 2.71 bits per heavy atom. The SMILES string of the molecule is CCN(C)c1cnn(Cc2cc(C(=O)O)sc2C)c(=O)c1.